The van der Waals surface area contributed by atoms with Gasteiger partial charge in [0.2, 0.25) is 0 Å². The topological polar surface area (TPSA) is 8.17 Å². The molecule has 0 saturated carbocycles. The number of para-hydroxylation sites is 2. The Hall–Kier alpha value is -5.86. The third kappa shape index (κ3) is 5.39. The Morgan fingerprint density at radius 1 is 0.511 bits per heavy atom. The van der Waals surface area contributed by atoms with E-state index >= 15 is 0 Å². The number of benzene rings is 6. The second-order valence-corrected chi connectivity index (χ2v) is 11.0. The molecule has 0 N–H and O–H groups in total. The monoisotopic (exact) mass is 578 g/mol. The lowest BCUT2D eigenvalue weighted by atomic mass is 10.0. The molecule has 7 rings (SSSR count). The van der Waals surface area contributed by atoms with Crippen molar-refractivity contribution in [3.63, 3.8) is 0 Å². The Labute approximate surface area is 265 Å². The molecular weight excluding hydrogens is 544 g/mol. The van der Waals surface area contributed by atoms with Crippen LogP contribution in [0.4, 0.5) is 17.1 Å². The first-order valence-corrected chi connectivity index (χ1v) is 15.4. The van der Waals surface area contributed by atoms with Crippen LogP contribution in [0.15, 0.2) is 170 Å². The summed E-state index contributed by atoms with van der Waals surface area (Å²) in [7, 11) is 0. The standard InChI is InChI=1S/C43H34N2/c1-3-13-40-41-18-11-12-19-43(41)45(42(40)4-2)39-30-24-35(25-31-39)34-22-28-38(29-23-34)44(36-16-9-6-10-17-36)37-26-20-33(21-27-37)32-14-7-5-8-15-32/h3-31H,2H2,1H3/b13-3-. The molecule has 216 valence electrons. The number of hydrogen-bond donors (Lipinski definition) is 0. The Balaban J connectivity index is 1.21. The first-order valence-electron chi connectivity index (χ1n) is 15.4. The van der Waals surface area contributed by atoms with E-state index in [0.29, 0.717) is 0 Å². The van der Waals surface area contributed by atoms with Crippen LogP contribution in [-0.4, -0.2) is 4.57 Å². The van der Waals surface area contributed by atoms with E-state index in [9.17, 15) is 0 Å². The van der Waals surface area contributed by atoms with Gasteiger partial charge in [-0.05, 0) is 89.9 Å². The summed E-state index contributed by atoms with van der Waals surface area (Å²) in [5.41, 5.74) is 12.7. The molecule has 7 aromatic rings. The van der Waals surface area contributed by atoms with Crippen molar-refractivity contribution in [3.8, 4) is 27.9 Å². The van der Waals surface area contributed by atoms with Crippen LogP contribution in [0.25, 0.3) is 51.0 Å². The summed E-state index contributed by atoms with van der Waals surface area (Å²) in [4.78, 5) is 2.30. The van der Waals surface area contributed by atoms with Crippen LogP contribution in [0.3, 0.4) is 0 Å². The van der Waals surface area contributed by atoms with Crippen molar-refractivity contribution in [2.75, 3.05) is 4.90 Å². The van der Waals surface area contributed by atoms with Crippen molar-refractivity contribution in [3.05, 3.63) is 182 Å². The highest BCUT2D eigenvalue weighted by molar-refractivity contribution is 5.95. The van der Waals surface area contributed by atoms with Crippen molar-refractivity contribution in [2.45, 2.75) is 6.92 Å². The number of nitrogens with zero attached hydrogens (tertiary/aromatic N) is 2. The first-order chi connectivity index (χ1) is 22.2. The molecule has 45 heavy (non-hydrogen) atoms. The molecule has 0 saturated heterocycles. The van der Waals surface area contributed by atoms with Crippen LogP contribution >= 0.6 is 0 Å². The Kier molecular flexibility index (Phi) is 7.70. The molecule has 0 fully saturated rings. The number of fused-ring (bicyclic) bond motifs is 1. The summed E-state index contributed by atoms with van der Waals surface area (Å²) >= 11 is 0. The van der Waals surface area contributed by atoms with Crippen molar-refractivity contribution < 1.29 is 0 Å². The molecule has 6 aromatic carbocycles. The average Bonchev–Trinajstić information content (AvgIpc) is 3.43. The summed E-state index contributed by atoms with van der Waals surface area (Å²) in [6, 6.07) is 56.1. The lowest BCUT2D eigenvalue weighted by Gasteiger charge is -2.26. The highest BCUT2D eigenvalue weighted by Crippen LogP contribution is 2.37. The smallest absolute Gasteiger partial charge is 0.0541 e. The van der Waals surface area contributed by atoms with E-state index in [1.807, 2.05) is 6.08 Å². The molecule has 2 nitrogen and oxygen atoms in total. The molecule has 0 aliphatic heterocycles. The van der Waals surface area contributed by atoms with Gasteiger partial charge in [-0.25, -0.2) is 0 Å². The van der Waals surface area contributed by atoms with Gasteiger partial charge >= 0.3 is 0 Å². The number of aromatic nitrogens is 1. The predicted octanol–water partition coefficient (Wildman–Crippen LogP) is 12.1. The Morgan fingerprint density at radius 3 is 1.53 bits per heavy atom. The number of rotatable bonds is 8. The average molecular weight is 579 g/mol. The third-order valence-corrected chi connectivity index (χ3v) is 8.31. The van der Waals surface area contributed by atoms with Gasteiger partial charge in [0, 0.05) is 33.7 Å². The molecular formula is C43H34N2. The summed E-state index contributed by atoms with van der Waals surface area (Å²) in [5.74, 6) is 0. The minimum Gasteiger partial charge on any atom is -0.311 e. The summed E-state index contributed by atoms with van der Waals surface area (Å²) in [5, 5.41) is 1.22. The summed E-state index contributed by atoms with van der Waals surface area (Å²) in [6.45, 7) is 6.20. The molecule has 1 heterocycles. The molecule has 0 aliphatic carbocycles. The number of hydrogen-bond acceptors (Lipinski definition) is 1. The van der Waals surface area contributed by atoms with E-state index in [-0.39, 0.29) is 0 Å². The minimum atomic E-state index is 1.10. The highest BCUT2D eigenvalue weighted by atomic mass is 15.1. The van der Waals surface area contributed by atoms with Gasteiger partial charge in [-0.1, -0.05) is 122 Å². The second kappa shape index (κ2) is 12.4. The van der Waals surface area contributed by atoms with Crippen LogP contribution < -0.4 is 4.90 Å². The highest BCUT2D eigenvalue weighted by Gasteiger charge is 2.15. The molecule has 0 unspecified atom stereocenters. The zero-order chi connectivity index (χ0) is 30.6. The molecule has 0 aliphatic rings. The molecule has 0 radical (unpaired) electrons. The fourth-order valence-corrected chi connectivity index (χ4v) is 6.17. The fraction of sp³-hybridized carbons (Fsp3) is 0.0233. The van der Waals surface area contributed by atoms with E-state index in [0.717, 1.165) is 28.4 Å². The first kappa shape index (κ1) is 27.9. The van der Waals surface area contributed by atoms with E-state index in [1.54, 1.807) is 0 Å². The zero-order valence-corrected chi connectivity index (χ0v) is 25.3. The van der Waals surface area contributed by atoms with Gasteiger partial charge in [0.1, 0.15) is 0 Å². The normalized spacial score (nSPS) is 11.2. The molecule has 0 amide bonds. The van der Waals surface area contributed by atoms with E-state index in [2.05, 4.69) is 193 Å². The maximum Gasteiger partial charge on any atom is 0.0541 e. The van der Waals surface area contributed by atoms with Gasteiger partial charge in [-0.15, -0.1) is 0 Å². The van der Waals surface area contributed by atoms with Gasteiger partial charge in [0.15, 0.2) is 0 Å². The van der Waals surface area contributed by atoms with Crippen LogP contribution in [0.5, 0.6) is 0 Å². The third-order valence-electron chi connectivity index (χ3n) is 8.31. The van der Waals surface area contributed by atoms with Crippen LogP contribution in [0.1, 0.15) is 18.2 Å². The molecule has 0 spiro atoms. The summed E-state index contributed by atoms with van der Waals surface area (Å²) in [6.07, 6.45) is 6.21. The van der Waals surface area contributed by atoms with Crippen LogP contribution in [0, 0.1) is 0 Å². The molecule has 0 bridgehead atoms. The lowest BCUT2D eigenvalue weighted by molar-refractivity contribution is 1.11. The molecule has 0 atom stereocenters. The molecule has 2 heteroatoms. The van der Waals surface area contributed by atoms with E-state index < -0.39 is 0 Å². The van der Waals surface area contributed by atoms with Crippen LogP contribution in [0.2, 0.25) is 0 Å². The van der Waals surface area contributed by atoms with Gasteiger partial charge in [-0.3, -0.25) is 0 Å². The zero-order valence-electron chi connectivity index (χ0n) is 25.3. The van der Waals surface area contributed by atoms with E-state index in [4.69, 9.17) is 0 Å². The lowest BCUT2D eigenvalue weighted by Crippen LogP contribution is -2.09. The predicted molar refractivity (Wildman–Crippen MR) is 194 cm³/mol. The Bertz CT molecular complexity index is 2080. The maximum absolute atomic E-state index is 4.15. The Morgan fingerprint density at radius 2 is 0.978 bits per heavy atom. The van der Waals surface area contributed by atoms with E-state index in [1.165, 1.54) is 38.7 Å². The van der Waals surface area contributed by atoms with Crippen molar-refractivity contribution in [1.82, 2.24) is 4.57 Å². The fourth-order valence-electron chi connectivity index (χ4n) is 6.17. The maximum atomic E-state index is 4.15. The van der Waals surface area contributed by atoms with Gasteiger partial charge in [0.05, 0.1) is 11.2 Å². The second-order valence-electron chi connectivity index (χ2n) is 11.0. The largest absolute Gasteiger partial charge is 0.311 e. The van der Waals surface area contributed by atoms with Crippen molar-refractivity contribution >= 4 is 40.1 Å². The van der Waals surface area contributed by atoms with Gasteiger partial charge in [-0.2, -0.15) is 0 Å². The minimum absolute atomic E-state index is 1.10. The van der Waals surface area contributed by atoms with Crippen molar-refractivity contribution in [1.29, 1.82) is 0 Å². The quantitative estimate of drug-likeness (QED) is 0.174. The van der Waals surface area contributed by atoms with Gasteiger partial charge in [0.25, 0.3) is 0 Å². The number of allylic oxidation sites excluding steroid dienone is 1. The molecule has 1 aromatic heterocycles. The van der Waals surface area contributed by atoms with Gasteiger partial charge < -0.3 is 9.47 Å². The van der Waals surface area contributed by atoms with Crippen molar-refractivity contribution in [2.24, 2.45) is 0 Å². The number of anilines is 3. The SMILES string of the molecule is C=Cc1c(/C=C\C)c2ccccc2n1-c1ccc(-c2ccc(N(c3ccccc3)c3ccc(-c4ccccc4)cc3)cc2)cc1. The summed E-state index contributed by atoms with van der Waals surface area (Å²) < 4.78 is 2.30. The van der Waals surface area contributed by atoms with Crippen LogP contribution in [-0.2, 0) is 0 Å².